The van der Waals surface area contributed by atoms with E-state index < -0.39 is 45.8 Å². The summed E-state index contributed by atoms with van der Waals surface area (Å²) < 4.78 is 43.1. The second-order valence-corrected chi connectivity index (χ2v) is 14.7. The molecule has 4 aromatic carbocycles. The summed E-state index contributed by atoms with van der Waals surface area (Å²) in [6, 6.07) is 24.3. The lowest BCUT2D eigenvalue weighted by Gasteiger charge is -2.35. The van der Waals surface area contributed by atoms with E-state index >= 15 is 0 Å². The molecular weight excluding hydrogens is 648 g/mol. The van der Waals surface area contributed by atoms with Gasteiger partial charge in [-0.05, 0) is 81.3 Å². The van der Waals surface area contributed by atoms with Crippen molar-refractivity contribution in [2.24, 2.45) is 0 Å². The molecule has 242 valence electrons. The number of sulfonamides is 1. The Kier molecular flexibility index (Phi) is 11.1. The molecule has 11 heteroatoms. The van der Waals surface area contributed by atoms with Gasteiger partial charge in [-0.3, -0.25) is 13.9 Å². The highest BCUT2D eigenvalue weighted by molar-refractivity contribution is 7.92. The first-order valence-electron chi connectivity index (χ1n) is 14.6. The second-order valence-electron chi connectivity index (χ2n) is 12.0. The van der Waals surface area contributed by atoms with E-state index in [4.69, 9.17) is 23.2 Å². The molecule has 0 spiro atoms. The van der Waals surface area contributed by atoms with Crippen LogP contribution < -0.4 is 9.62 Å². The zero-order valence-corrected chi connectivity index (χ0v) is 28.3. The summed E-state index contributed by atoms with van der Waals surface area (Å²) in [4.78, 5) is 29.7. The smallest absolute Gasteiger partial charge is 0.264 e. The minimum atomic E-state index is -4.36. The van der Waals surface area contributed by atoms with Gasteiger partial charge in [0.15, 0.2) is 0 Å². The van der Waals surface area contributed by atoms with E-state index in [0.717, 1.165) is 15.4 Å². The zero-order chi connectivity index (χ0) is 33.6. The van der Waals surface area contributed by atoms with Crippen molar-refractivity contribution in [3.8, 4) is 0 Å². The molecule has 7 nitrogen and oxygen atoms in total. The second kappa shape index (κ2) is 14.7. The highest BCUT2D eigenvalue weighted by Crippen LogP contribution is 2.33. The number of nitrogens with zero attached hydrogens (tertiary/aromatic N) is 2. The first kappa shape index (κ1) is 34.9. The molecule has 4 rings (SSSR count). The Morgan fingerprint density at radius 2 is 1.50 bits per heavy atom. The lowest BCUT2D eigenvalue weighted by atomic mass is 10.0. The first-order valence-corrected chi connectivity index (χ1v) is 16.8. The maximum absolute atomic E-state index is 14.5. The summed E-state index contributed by atoms with van der Waals surface area (Å²) in [5.74, 6) is -1.57. The molecule has 0 bridgehead atoms. The standard InChI is InChI=1S/C35H36Cl2FN3O4S/c1-24-10-17-29(18-11-24)46(44,45)41(31-21-27(36)14-19-30(31)37)23-33(42)40(22-26-12-15-28(38)16-13-26)32(34(43)39-35(2,3)4)20-25-8-6-5-7-9-25/h5-19,21,32H,20,22-23H2,1-4H3,(H,39,43)/t32-/m0/s1. The molecule has 0 saturated carbocycles. The van der Waals surface area contributed by atoms with Crippen LogP contribution in [0.4, 0.5) is 10.1 Å². The number of halogens is 3. The van der Waals surface area contributed by atoms with Gasteiger partial charge >= 0.3 is 0 Å². The van der Waals surface area contributed by atoms with Crippen LogP contribution in [-0.2, 0) is 32.6 Å². The number of amides is 2. The van der Waals surface area contributed by atoms with E-state index in [0.29, 0.717) is 5.56 Å². The van der Waals surface area contributed by atoms with E-state index in [9.17, 15) is 22.4 Å². The lowest BCUT2D eigenvalue weighted by Crippen LogP contribution is -2.56. The Morgan fingerprint density at radius 3 is 2.11 bits per heavy atom. The predicted molar refractivity (Wildman–Crippen MR) is 181 cm³/mol. The Bertz CT molecular complexity index is 1780. The number of aryl methyl sites for hydroxylation is 1. The van der Waals surface area contributed by atoms with E-state index in [-0.39, 0.29) is 33.6 Å². The van der Waals surface area contributed by atoms with Gasteiger partial charge in [-0.25, -0.2) is 12.8 Å². The van der Waals surface area contributed by atoms with Gasteiger partial charge in [0.25, 0.3) is 10.0 Å². The molecule has 0 aliphatic rings. The number of hydrogen-bond donors (Lipinski definition) is 1. The van der Waals surface area contributed by atoms with Gasteiger partial charge in [0.05, 0.1) is 15.6 Å². The fraction of sp³-hybridized carbons (Fsp3) is 0.257. The van der Waals surface area contributed by atoms with E-state index in [1.54, 1.807) is 12.1 Å². The monoisotopic (exact) mass is 683 g/mol. The molecule has 0 fully saturated rings. The van der Waals surface area contributed by atoms with Crippen molar-refractivity contribution in [2.75, 3.05) is 10.8 Å². The molecule has 0 heterocycles. The molecule has 1 atom stereocenters. The normalized spacial score (nSPS) is 12.3. The molecule has 0 aliphatic heterocycles. The maximum atomic E-state index is 14.5. The first-order chi connectivity index (χ1) is 21.6. The number of carbonyl (C=O) groups is 2. The van der Waals surface area contributed by atoms with E-state index in [1.165, 1.54) is 59.5 Å². The van der Waals surface area contributed by atoms with Gasteiger partial charge in [-0.15, -0.1) is 0 Å². The molecule has 4 aromatic rings. The third-order valence-corrected chi connectivity index (χ3v) is 9.43. The van der Waals surface area contributed by atoms with Gasteiger partial charge in [-0.1, -0.05) is 83.4 Å². The molecule has 46 heavy (non-hydrogen) atoms. The van der Waals surface area contributed by atoms with E-state index in [2.05, 4.69) is 5.32 Å². The highest BCUT2D eigenvalue weighted by Gasteiger charge is 2.36. The topological polar surface area (TPSA) is 86.8 Å². The molecule has 2 amide bonds. The Labute approximate surface area is 280 Å². The molecule has 1 N–H and O–H groups in total. The van der Waals surface area contributed by atoms with Crippen molar-refractivity contribution in [3.63, 3.8) is 0 Å². The van der Waals surface area contributed by atoms with Crippen LogP contribution in [0.3, 0.4) is 0 Å². The minimum absolute atomic E-state index is 0.00331. The van der Waals surface area contributed by atoms with Crippen LogP contribution in [0.2, 0.25) is 10.0 Å². The number of rotatable bonds is 11. The van der Waals surface area contributed by atoms with Crippen molar-refractivity contribution < 1.29 is 22.4 Å². The summed E-state index contributed by atoms with van der Waals surface area (Å²) in [7, 11) is -4.36. The van der Waals surface area contributed by atoms with Crippen molar-refractivity contribution in [1.82, 2.24) is 10.2 Å². The molecule has 0 aromatic heterocycles. The number of hydrogen-bond acceptors (Lipinski definition) is 4. The average Bonchev–Trinajstić information content (AvgIpc) is 2.99. The Balaban J connectivity index is 1.84. The molecule has 0 radical (unpaired) electrons. The Morgan fingerprint density at radius 1 is 0.870 bits per heavy atom. The number of benzene rings is 4. The van der Waals surface area contributed by atoms with Crippen molar-refractivity contribution in [1.29, 1.82) is 0 Å². The van der Waals surface area contributed by atoms with Gasteiger partial charge in [-0.2, -0.15) is 0 Å². The van der Waals surface area contributed by atoms with Crippen molar-refractivity contribution in [3.05, 3.63) is 130 Å². The van der Waals surface area contributed by atoms with Gasteiger partial charge in [0.1, 0.15) is 18.4 Å². The zero-order valence-electron chi connectivity index (χ0n) is 26.0. The largest absolute Gasteiger partial charge is 0.350 e. The van der Waals surface area contributed by atoms with Crippen LogP contribution in [-0.4, -0.2) is 43.3 Å². The number of carbonyl (C=O) groups excluding carboxylic acids is 2. The summed E-state index contributed by atoms with van der Waals surface area (Å²) in [6.07, 6.45) is 0.137. The Hall–Kier alpha value is -3.92. The molecule has 0 aliphatic carbocycles. The van der Waals surface area contributed by atoms with Gasteiger partial charge in [0.2, 0.25) is 11.8 Å². The SMILES string of the molecule is Cc1ccc(S(=O)(=O)N(CC(=O)N(Cc2ccc(F)cc2)[C@@H](Cc2ccccc2)C(=O)NC(C)(C)C)c2cc(Cl)ccc2Cl)cc1. The van der Waals surface area contributed by atoms with Crippen LogP contribution in [0, 0.1) is 12.7 Å². The molecular formula is C35H36Cl2FN3O4S. The summed E-state index contributed by atoms with van der Waals surface area (Å²) in [5.41, 5.74) is 1.55. The maximum Gasteiger partial charge on any atom is 0.264 e. The van der Waals surface area contributed by atoms with Crippen molar-refractivity contribution in [2.45, 2.75) is 57.1 Å². The predicted octanol–water partition coefficient (Wildman–Crippen LogP) is 7.19. The third kappa shape index (κ3) is 9.09. The quantitative estimate of drug-likeness (QED) is 0.181. The summed E-state index contributed by atoms with van der Waals surface area (Å²) in [5, 5.41) is 3.24. The van der Waals surface area contributed by atoms with Crippen LogP contribution in [0.1, 0.15) is 37.5 Å². The molecule has 0 unspecified atom stereocenters. The van der Waals surface area contributed by atoms with Crippen LogP contribution in [0.25, 0.3) is 0 Å². The van der Waals surface area contributed by atoms with Gasteiger partial charge < -0.3 is 10.2 Å². The minimum Gasteiger partial charge on any atom is -0.350 e. The van der Waals surface area contributed by atoms with Crippen LogP contribution >= 0.6 is 23.2 Å². The van der Waals surface area contributed by atoms with Crippen molar-refractivity contribution >= 4 is 50.7 Å². The molecule has 0 saturated heterocycles. The van der Waals surface area contributed by atoms with E-state index in [1.807, 2.05) is 58.0 Å². The summed E-state index contributed by atoms with van der Waals surface area (Å²) in [6.45, 7) is 6.50. The fourth-order valence-electron chi connectivity index (χ4n) is 4.82. The lowest BCUT2D eigenvalue weighted by molar-refractivity contribution is -0.140. The number of anilines is 1. The highest BCUT2D eigenvalue weighted by atomic mass is 35.5. The average molecular weight is 685 g/mol. The fourth-order valence-corrected chi connectivity index (χ4v) is 6.68. The summed E-state index contributed by atoms with van der Waals surface area (Å²) >= 11 is 12.8. The van der Waals surface area contributed by atoms with Gasteiger partial charge in [0, 0.05) is 23.5 Å². The van der Waals surface area contributed by atoms with Crippen LogP contribution in [0.15, 0.2) is 102 Å². The third-order valence-electron chi connectivity index (χ3n) is 7.10. The van der Waals surface area contributed by atoms with Crippen LogP contribution in [0.5, 0.6) is 0 Å². The number of nitrogens with one attached hydrogen (secondary N) is 1.